The van der Waals surface area contributed by atoms with Gasteiger partial charge in [0.2, 0.25) is 0 Å². The molecule has 0 radical (unpaired) electrons. The number of rotatable bonds is 4. The summed E-state index contributed by atoms with van der Waals surface area (Å²) in [6.07, 6.45) is 0.110. The van der Waals surface area contributed by atoms with Crippen molar-refractivity contribution in [1.82, 2.24) is 0 Å². The summed E-state index contributed by atoms with van der Waals surface area (Å²) in [5, 5.41) is 2.48. The molecule has 94 valence electrons. The quantitative estimate of drug-likeness (QED) is 0.849. The zero-order valence-corrected chi connectivity index (χ0v) is 10.00. The van der Waals surface area contributed by atoms with Crippen LogP contribution in [0.4, 0.5) is 14.9 Å². The van der Waals surface area contributed by atoms with Gasteiger partial charge in [0.15, 0.2) is 0 Å². The first-order valence-electron chi connectivity index (χ1n) is 5.41. The first-order chi connectivity index (χ1) is 7.93. The molecule has 1 atom stereocenters. The number of hydrogen-bond donors (Lipinski definition) is 2. The average Bonchev–Trinajstić information content (AvgIpc) is 2.30. The van der Waals surface area contributed by atoms with E-state index in [1.807, 2.05) is 6.92 Å². The summed E-state index contributed by atoms with van der Waals surface area (Å²) in [4.78, 5) is 11.4. The summed E-state index contributed by atoms with van der Waals surface area (Å²) in [7, 11) is 0. The van der Waals surface area contributed by atoms with Gasteiger partial charge in [0, 0.05) is 11.2 Å². The molecule has 4 nitrogen and oxygen atoms in total. The predicted octanol–water partition coefficient (Wildman–Crippen LogP) is 2.50. The van der Waals surface area contributed by atoms with E-state index in [0.29, 0.717) is 12.1 Å². The van der Waals surface area contributed by atoms with Gasteiger partial charge in [0.05, 0.1) is 0 Å². The molecule has 0 saturated carbocycles. The van der Waals surface area contributed by atoms with E-state index >= 15 is 0 Å². The van der Waals surface area contributed by atoms with Crippen LogP contribution in [0.1, 0.15) is 20.3 Å². The van der Waals surface area contributed by atoms with Crippen molar-refractivity contribution in [2.75, 3.05) is 11.9 Å². The normalized spacial score (nSPS) is 13.9. The van der Waals surface area contributed by atoms with Gasteiger partial charge in [0.1, 0.15) is 12.4 Å². The third-order valence-electron chi connectivity index (χ3n) is 2.43. The molecule has 1 rings (SSSR count). The minimum atomic E-state index is -0.596. The molecule has 1 unspecified atom stereocenters. The predicted molar refractivity (Wildman–Crippen MR) is 64.3 cm³/mol. The van der Waals surface area contributed by atoms with Crippen molar-refractivity contribution < 1.29 is 13.9 Å². The minimum Gasteiger partial charge on any atom is -0.447 e. The molecule has 0 bridgehead atoms. The van der Waals surface area contributed by atoms with E-state index < -0.39 is 11.6 Å². The molecular formula is C12H17FN2O2. The summed E-state index contributed by atoms with van der Waals surface area (Å²) >= 11 is 0. The van der Waals surface area contributed by atoms with Crippen molar-refractivity contribution in [1.29, 1.82) is 0 Å². The van der Waals surface area contributed by atoms with Crippen LogP contribution in [0.2, 0.25) is 0 Å². The van der Waals surface area contributed by atoms with Crippen LogP contribution < -0.4 is 11.1 Å². The monoisotopic (exact) mass is 240 g/mol. The van der Waals surface area contributed by atoms with Crippen LogP contribution in [0.3, 0.4) is 0 Å². The number of halogens is 1. The largest absolute Gasteiger partial charge is 0.447 e. The number of amides is 1. The fraction of sp³-hybridized carbons (Fsp3) is 0.417. The third-order valence-corrected chi connectivity index (χ3v) is 2.43. The van der Waals surface area contributed by atoms with Crippen molar-refractivity contribution >= 4 is 11.8 Å². The molecule has 0 spiro atoms. The second-order valence-corrected chi connectivity index (χ2v) is 4.22. The zero-order chi connectivity index (χ0) is 12.9. The lowest BCUT2D eigenvalue weighted by molar-refractivity contribution is 0.132. The van der Waals surface area contributed by atoms with Crippen LogP contribution >= 0.6 is 0 Å². The van der Waals surface area contributed by atoms with Gasteiger partial charge in [-0.25, -0.2) is 9.18 Å². The molecule has 17 heavy (non-hydrogen) atoms. The van der Waals surface area contributed by atoms with Gasteiger partial charge in [0.25, 0.3) is 0 Å². The first-order valence-corrected chi connectivity index (χ1v) is 5.41. The van der Waals surface area contributed by atoms with Crippen LogP contribution in [-0.4, -0.2) is 18.2 Å². The number of benzene rings is 1. The zero-order valence-electron chi connectivity index (χ0n) is 10.00. The van der Waals surface area contributed by atoms with E-state index in [1.165, 1.54) is 24.3 Å². The molecule has 5 heteroatoms. The Bertz CT molecular complexity index is 377. The number of nitrogens with one attached hydrogen (secondary N) is 1. The number of carbonyl (C=O) groups is 1. The number of ether oxygens (including phenoxy) is 1. The van der Waals surface area contributed by atoms with Crippen molar-refractivity contribution in [3.63, 3.8) is 0 Å². The standard InChI is InChI=1S/C12H17FN2O2/c1-3-12(2,14)8-17-11(16)15-10-6-4-9(13)5-7-10/h4-7H,3,8,14H2,1-2H3,(H,15,16). The molecule has 0 aliphatic rings. The second-order valence-electron chi connectivity index (χ2n) is 4.22. The van der Waals surface area contributed by atoms with Crippen molar-refractivity contribution in [3.05, 3.63) is 30.1 Å². The van der Waals surface area contributed by atoms with Crippen LogP contribution in [0.5, 0.6) is 0 Å². The van der Waals surface area contributed by atoms with Crippen molar-refractivity contribution in [3.8, 4) is 0 Å². The molecule has 1 aromatic rings. The second kappa shape index (κ2) is 5.63. The number of nitrogens with two attached hydrogens (primary N) is 1. The van der Waals surface area contributed by atoms with Crippen LogP contribution in [0.15, 0.2) is 24.3 Å². The highest BCUT2D eigenvalue weighted by atomic mass is 19.1. The Morgan fingerprint density at radius 2 is 2.06 bits per heavy atom. The highest BCUT2D eigenvalue weighted by Gasteiger charge is 2.18. The lowest BCUT2D eigenvalue weighted by atomic mass is 10.0. The van der Waals surface area contributed by atoms with Gasteiger partial charge in [-0.05, 0) is 37.6 Å². The van der Waals surface area contributed by atoms with Gasteiger partial charge in [-0.3, -0.25) is 5.32 Å². The van der Waals surface area contributed by atoms with Gasteiger partial charge in [-0.15, -0.1) is 0 Å². The van der Waals surface area contributed by atoms with E-state index in [0.717, 1.165) is 0 Å². The fourth-order valence-electron chi connectivity index (χ4n) is 1.02. The molecule has 0 saturated heterocycles. The average molecular weight is 240 g/mol. The summed E-state index contributed by atoms with van der Waals surface area (Å²) in [6, 6.07) is 5.43. The Kier molecular flexibility index (Phi) is 4.45. The summed E-state index contributed by atoms with van der Waals surface area (Å²) in [5.74, 6) is -0.357. The lowest BCUT2D eigenvalue weighted by Gasteiger charge is -2.21. The first kappa shape index (κ1) is 13.4. The molecule has 1 aromatic carbocycles. The lowest BCUT2D eigenvalue weighted by Crippen LogP contribution is -2.41. The van der Waals surface area contributed by atoms with Gasteiger partial charge in [-0.2, -0.15) is 0 Å². The van der Waals surface area contributed by atoms with Crippen molar-refractivity contribution in [2.24, 2.45) is 5.73 Å². The smallest absolute Gasteiger partial charge is 0.411 e. The van der Waals surface area contributed by atoms with E-state index in [4.69, 9.17) is 10.5 Å². The Labute approximate surface area is 100.0 Å². The van der Waals surface area contributed by atoms with Gasteiger partial charge in [-0.1, -0.05) is 6.92 Å². The van der Waals surface area contributed by atoms with E-state index in [2.05, 4.69) is 5.32 Å². The summed E-state index contributed by atoms with van der Waals surface area (Å²) in [5.41, 5.74) is 5.77. The number of carbonyl (C=O) groups excluding carboxylic acids is 1. The number of anilines is 1. The SMILES string of the molecule is CCC(C)(N)COC(=O)Nc1ccc(F)cc1. The molecule has 3 N–H and O–H groups in total. The van der Waals surface area contributed by atoms with Gasteiger partial charge < -0.3 is 10.5 Å². The van der Waals surface area contributed by atoms with Crippen molar-refractivity contribution in [2.45, 2.75) is 25.8 Å². The molecule has 1 amide bonds. The van der Waals surface area contributed by atoms with Crippen LogP contribution in [0, 0.1) is 5.82 Å². The maximum absolute atomic E-state index is 12.6. The number of hydrogen-bond acceptors (Lipinski definition) is 3. The van der Waals surface area contributed by atoms with E-state index in [-0.39, 0.29) is 12.4 Å². The Hall–Kier alpha value is -1.62. The molecular weight excluding hydrogens is 223 g/mol. The molecule has 0 aromatic heterocycles. The summed E-state index contributed by atoms with van der Waals surface area (Å²) in [6.45, 7) is 3.86. The van der Waals surface area contributed by atoms with Crippen LogP contribution in [-0.2, 0) is 4.74 Å². The maximum atomic E-state index is 12.6. The molecule has 0 aliphatic heterocycles. The Morgan fingerprint density at radius 1 is 1.47 bits per heavy atom. The van der Waals surface area contributed by atoms with E-state index in [1.54, 1.807) is 6.92 Å². The fourth-order valence-corrected chi connectivity index (χ4v) is 1.02. The topological polar surface area (TPSA) is 64.3 Å². The third kappa shape index (κ3) is 4.82. The maximum Gasteiger partial charge on any atom is 0.411 e. The minimum absolute atomic E-state index is 0.135. The van der Waals surface area contributed by atoms with Crippen LogP contribution in [0.25, 0.3) is 0 Å². The molecule has 0 fully saturated rings. The highest BCUT2D eigenvalue weighted by molar-refractivity contribution is 5.84. The van der Waals surface area contributed by atoms with Gasteiger partial charge >= 0.3 is 6.09 Å². The summed E-state index contributed by atoms with van der Waals surface area (Å²) < 4.78 is 17.6. The molecule has 0 aliphatic carbocycles. The van der Waals surface area contributed by atoms with E-state index in [9.17, 15) is 9.18 Å². The Balaban J connectivity index is 2.42. The highest BCUT2D eigenvalue weighted by Crippen LogP contribution is 2.10. The molecule has 0 heterocycles. The Morgan fingerprint density at radius 3 is 2.59 bits per heavy atom.